The molecule has 0 bridgehead atoms. The Morgan fingerprint density at radius 1 is 1.07 bits per heavy atom. The van der Waals surface area contributed by atoms with Crippen molar-refractivity contribution in [3.8, 4) is 0 Å². The zero-order chi connectivity index (χ0) is 17.1. The number of carbonyl (C=O) groups is 1. The third-order valence-corrected chi connectivity index (χ3v) is 6.23. The topological polar surface area (TPSA) is 44.4 Å². The largest absolute Gasteiger partial charge is 0.325 e. The van der Waals surface area contributed by atoms with Gasteiger partial charge >= 0.3 is 0 Å². The number of piperidine rings is 1. The van der Waals surface area contributed by atoms with Gasteiger partial charge in [-0.1, -0.05) is 31.4 Å². The second kappa shape index (κ2) is 10.7. The molecule has 2 saturated heterocycles. The van der Waals surface area contributed by atoms with Crippen LogP contribution in [0.5, 0.6) is 0 Å². The van der Waals surface area contributed by atoms with Crippen LogP contribution < -0.4 is 10.6 Å². The molecular formula is C21H33Cl2N3O. The lowest BCUT2D eigenvalue weighted by molar-refractivity contribution is -0.117. The zero-order valence-electron chi connectivity index (χ0n) is 16.0. The second-order valence-corrected chi connectivity index (χ2v) is 8.13. The lowest BCUT2D eigenvalue weighted by Crippen LogP contribution is -2.39. The van der Waals surface area contributed by atoms with Crippen LogP contribution in [0.4, 0.5) is 5.69 Å². The van der Waals surface area contributed by atoms with Gasteiger partial charge in [-0.25, -0.2) is 0 Å². The molecule has 4 nitrogen and oxygen atoms in total. The van der Waals surface area contributed by atoms with Crippen LogP contribution >= 0.6 is 24.8 Å². The molecule has 3 atom stereocenters. The normalized spacial score (nSPS) is 27.8. The van der Waals surface area contributed by atoms with E-state index >= 15 is 0 Å². The van der Waals surface area contributed by atoms with E-state index in [-0.39, 0.29) is 36.8 Å². The van der Waals surface area contributed by atoms with Crippen LogP contribution in [0.25, 0.3) is 0 Å². The Morgan fingerprint density at radius 2 is 1.85 bits per heavy atom. The molecule has 3 fully saturated rings. The SMILES string of the molecule is Cl.Cl.O=C(Nc1cccc(CN2CCCCC2)c1)C1CC2CCCCC2N1. The van der Waals surface area contributed by atoms with Crippen LogP contribution in [0.1, 0.15) is 56.9 Å². The smallest absolute Gasteiger partial charge is 0.241 e. The maximum Gasteiger partial charge on any atom is 0.241 e. The number of nitrogens with zero attached hydrogens (tertiary/aromatic N) is 1. The molecular weight excluding hydrogens is 381 g/mol. The highest BCUT2D eigenvalue weighted by Gasteiger charge is 2.38. The van der Waals surface area contributed by atoms with Crippen molar-refractivity contribution in [2.24, 2.45) is 5.92 Å². The summed E-state index contributed by atoms with van der Waals surface area (Å²) in [5.41, 5.74) is 2.24. The van der Waals surface area contributed by atoms with Crippen molar-refractivity contribution in [3.05, 3.63) is 29.8 Å². The van der Waals surface area contributed by atoms with Crippen LogP contribution in [-0.2, 0) is 11.3 Å². The Hall–Kier alpha value is -0.810. The number of amides is 1. The summed E-state index contributed by atoms with van der Waals surface area (Å²) in [6.45, 7) is 3.40. The number of hydrogen-bond acceptors (Lipinski definition) is 3. The Kier molecular flexibility index (Phi) is 8.87. The van der Waals surface area contributed by atoms with Gasteiger partial charge in [-0.05, 0) is 68.8 Å². The maximum atomic E-state index is 12.7. The number of nitrogens with one attached hydrogen (secondary N) is 2. The van der Waals surface area contributed by atoms with Crippen LogP contribution in [0, 0.1) is 5.92 Å². The monoisotopic (exact) mass is 413 g/mol. The second-order valence-electron chi connectivity index (χ2n) is 8.13. The first kappa shape index (κ1) is 22.5. The fourth-order valence-electron chi connectivity index (χ4n) is 4.87. The molecule has 6 heteroatoms. The summed E-state index contributed by atoms with van der Waals surface area (Å²) < 4.78 is 0. The van der Waals surface area contributed by atoms with Gasteiger partial charge in [0.25, 0.3) is 0 Å². The van der Waals surface area contributed by atoms with Gasteiger partial charge in [-0.3, -0.25) is 9.69 Å². The van der Waals surface area contributed by atoms with E-state index in [0.717, 1.165) is 18.7 Å². The zero-order valence-corrected chi connectivity index (χ0v) is 17.6. The van der Waals surface area contributed by atoms with Gasteiger partial charge in [0.05, 0.1) is 6.04 Å². The molecule has 4 rings (SSSR count). The molecule has 2 heterocycles. The number of rotatable bonds is 4. The lowest BCUT2D eigenvalue weighted by atomic mass is 9.85. The first-order chi connectivity index (χ1) is 12.3. The molecule has 0 spiro atoms. The molecule has 3 unspecified atom stereocenters. The quantitative estimate of drug-likeness (QED) is 0.769. The van der Waals surface area contributed by atoms with Crippen molar-refractivity contribution in [3.63, 3.8) is 0 Å². The van der Waals surface area contributed by atoms with E-state index in [0.29, 0.717) is 12.0 Å². The number of halogens is 2. The van der Waals surface area contributed by atoms with E-state index in [1.807, 2.05) is 6.07 Å². The maximum absolute atomic E-state index is 12.7. The van der Waals surface area contributed by atoms with Gasteiger partial charge in [0.2, 0.25) is 5.91 Å². The van der Waals surface area contributed by atoms with Gasteiger partial charge in [-0.15, -0.1) is 24.8 Å². The number of anilines is 1. The van der Waals surface area contributed by atoms with Crippen molar-refractivity contribution >= 4 is 36.4 Å². The number of likely N-dealkylation sites (tertiary alicyclic amines) is 1. The van der Waals surface area contributed by atoms with Gasteiger partial charge in [0.15, 0.2) is 0 Å². The number of benzene rings is 1. The summed E-state index contributed by atoms with van der Waals surface area (Å²) in [6, 6.07) is 8.95. The van der Waals surface area contributed by atoms with E-state index in [9.17, 15) is 4.79 Å². The minimum Gasteiger partial charge on any atom is -0.325 e. The van der Waals surface area contributed by atoms with Crippen LogP contribution in [0.15, 0.2) is 24.3 Å². The van der Waals surface area contributed by atoms with Crippen molar-refractivity contribution in [1.82, 2.24) is 10.2 Å². The third kappa shape index (κ3) is 5.83. The predicted molar refractivity (Wildman–Crippen MR) is 116 cm³/mol. The summed E-state index contributed by atoms with van der Waals surface area (Å²) >= 11 is 0. The first-order valence-corrected chi connectivity index (χ1v) is 10.2. The number of hydrogen-bond donors (Lipinski definition) is 2. The molecule has 1 saturated carbocycles. The predicted octanol–water partition coefficient (Wildman–Crippen LogP) is 4.38. The molecule has 1 amide bonds. The molecule has 0 radical (unpaired) electrons. The van der Waals surface area contributed by atoms with Crippen LogP contribution in [0.2, 0.25) is 0 Å². The summed E-state index contributed by atoms with van der Waals surface area (Å²) in [6.07, 6.45) is 10.1. The van der Waals surface area contributed by atoms with Crippen molar-refractivity contribution in [2.75, 3.05) is 18.4 Å². The highest BCUT2D eigenvalue weighted by atomic mass is 35.5. The van der Waals surface area contributed by atoms with Crippen molar-refractivity contribution < 1.29 is 4.79 Å². The molecule has 1 aromatic carbocycles. The van der Waals surface area contributed by atoms with E-state index in [4.69, 9.17) is 0 Å². The Balaban J connectivity index is 0.00000131. The highest BCUT2D eigenvalue weighted by Crippen LogP contribution is 2.33. The highest BCUT2D eigenvalue weighted by molar-refractivity contribution is 5.95. The molecule has 152 valence electrons. The van der Waals surface area contributed by atoms with Crippen molar-refractivity contribution in [2.45, 2.75) is 70.0 Å². The van der Waals surface area contributed by atoms with Gasteiger partial charge in [0.1, 0.15) is 0 Å². The average Bonchev–Trinajstić information content (AvgIpc) is 3.07. The van der Waals surface area contributed by atoms with E-state index < -0.39 is 0 Å². The molecule has 0 aromatic heterocycles. The Morgan fingerprint density at radius 3 is 2.63 bits per heavy atom. The van der Waals surface area contributed by atoms with E-state index in [2.05, 4.69) is 33.7 Å². The minimum absolute atomic E-state index is 0. The Labute approximate surface area is 175 Å². The molecule has 3 aliphatic rings. The Bertz CT molecular complexity index is 593. The average molecular weight is 414 g/mol. The minimum atomic E-state index is -0.0150. The molecule has 2 N–H and O–H groups in total. The lowest BCUT2D eigenvalue weighted by Gasteiger charge is -2.26. The summed E-state index contributed by atoms with van der Waals surface area (Å²) in [7, 11) is 0. The van der Waals surface area contributed by atoms with Crippen molar-refractivity contribution in [1.29, 1.82) is 0 Å². The molecule has 1 aromatic rings. The molecule has 27 heavy (non-hydrogen) atoms. The summed E-state index contributed by atoms with van der Waals surface area (Å²) in [4.78, 5) is 15.2. The van der Waals surface area contributed by atoms with E-state index in [1.54, 1.807) is 0 Å². The molecule has 2 aliphatic heterocycles. The first-order valence-electron chi connectivity index (χ1n) is 10.2. The summed E-state index contributed by atoms with van der Waals surface area (Å²) in [5, 5.41) is 6.72. The van der Waals surface area contributed by atoms with E-state index in [1.165, 1.54) is 63.6 Å². The standard InChI is InChI=1S/C21H31N3O.2ClH/c25-21(20-14-17-8-2-3-10-19(17)23-20)22-18-9-6-7-16(13-18)15-24-11-4-1-5-12-24;;/h6-7,9,13,17,19-20,23H,1-5,8,10-12,14-15H2,(H,22,25);2*1H. The van der Waals surface area contributed by atoms with Crippen LogP contribution in [-0.4, -0.2) is 36.0 Å². The summed E-state index contributed by atoms with van der Waals surface area (Å²) in [5.74, 6) is 0.847. The number of fused-ring (bicyclic) bond motifs is 1. The van der Waals surface area contributed by atoms with Gasteiger partial charge in [0, 0.05) is 18.3 Å². The third-order valence-electron chi connectivity index (χ3n) is 6.23. The fraction of sp³-hybridized carbons (Fsp3) is 0.667. The van der Waals surface area contributed by atoms with Gasteiger partial charge < -0.3 is 10.6 Å². The fourth-order valence-corrected chi connectivity index (χ4v) is 4.87. The van der Waals surface area contributed by atoms with Crippen LogP contribution in [0.3, 0.4) is 0 Å². The number of carbonyl (C=O) groups excluding carboxylic acids is 1. The molecule has 1 aliphatic carbocycles. The van der Waals surface area contributed by atoms with Gasteiger partial charge in [-0.2, -0.15) is 0 Å².